The maximum Gasteiger partial charge on any atom is 0.374 e. The molecule has 0 bridgehead atoms. The summed E-state index contributed by atoms with van der Waals surface area (Å²) in [5.41, 5.74) is 2.01. The molecule has 0 aliphatic rings. The molecular formula is C18H17ClO3. The topological polar surface area (TPSA) is 35.5 Å². The molecule has 0 N–H and O–H groups in total. The van der Waals surface area contributed by atoms with Crippen molar-refractivity contribution >= 4 is 23.6 Å². The van der Waals surface area contributed by atoms with Crippen LogP contribution in [0.2, 0.25) is 5.02 Å². The van der Waals surface area contributed by atoms with Gasteiger partial charge in [-0.15, -0.1) is 0 Å². The Morgan fingerprint density at radius 3 is 2.32 bits per heavy atom. The quantitative estimate of drug-likeness (QED) is 0.458. The van der Waals surface area contributed by atoms with E-state index in [9.17, 15) is 4.79 Å². The Morgan fingerprint density at radius 2 is 1.73 bits per heavy atom. The molecule has 2 aromatic carbocycles. The first-order valence-corrected chi connectivity index (χ1v) is 7.35. The van der Waals surface area contributed by atoms with Gasteiger partial charge in [0.2, 0.25) is 5.76 Å². The summed E-state index contributed by atoms with van der Waals surface area (Å²) in [6.45, 7) is 4.04. The van der Waals surface area contributed by atoms with Crippen LogP contribution >= 0.6 is 11.6 Å². The number of carbonyl (C=O) groups excluding carboxylic acids is 1. The van der Waals surface area contributed by atoms with Crippen LogP contribution in [0.4, 0.5) is 0 Å². The lowest BCUT2D eigenvalue weighted by Crippen LogP contribution is -2.12. The summed E-state index contributed by atoms with van der Waals surface area (Å²) in [5.74, 6) is 0.155. The van der Waals surface area contributed by atoms with Gasteiger partial charge in [-0.3, -0.25) is 0 Å². The first-order valence-electron chi connectivity index (χ1n) is 6.97. The second-order valence-corrected chi connectivity index (χ2v) is 5.13. The molecule has 0 amide bonds. The Labute approximate surface area is 135 Å². The first-order chi connectivity index (χ1) is 10.6. The number of ether oxygens (including phenoxy) is 2. The SMILES string of the molecule is CCOC(=O)/C(=C/c1ccc(C)cc1)Oc1ccc(Cl)cc1. The maximum atomic E-state index is 12.0. The Bertz CT molecular complexity index is 658. The number of aryl methyl sites for hydroxylation is 1. The summed E-state index contributed by atoms with van der Waals surface area (Å²) >= 11 is 5.84. The van der Waals surface area contributed by atoms with Gasteiger partial charge >= 0.3 is 5.97 Å². The molecule has 22 heavy (non-hydrogen) atoms. The average Bonchev–Trinajstić information content (AvgIpc) is 2.51. The van der Waals surface area contributed by atoms with Crippen LogP contribution in [-0.4, -0.2) is 12.6 Å². The minimum absolute atomic E-state index is 0.132. The van der Waals surface area contributed by atoms with E-state index >= 15 is 0 Å². The maximum absolute atomic E-state index is 12.0. The predicted molar refractivity (Wildman–Crippen MR) is 87.9 cm³/mol. The zero-order valence-electron chi connectivity index (χ0n) is 12.5. The van der Waals surface area contributed by atoms with Gasteiger partial charge in [-0.1, -0.05) is 41.4 Å². The minimum Gasteiger partial charge on any atom is -0.460 e. The first kappa shape index (κ1) is 16.1. The summed E-state index contributed by atoms with van der Waals surface area (Å²) in [7, 11) is 0. The van der Waals surface area contributed by atoms with Crippen LogP contribution in [0.15, 0.2) is 54.3 Å². The molecule has 4 heteroatoms. The highest BCUT2D eigenvalue weighted by Crippen LogP contribution is 2.20. The van der Waals surface area contributed by atoms with E-state index in [0.29, 0.717) is 10.8 Å². The molecular weight excluding hydrogens is 300 g/mol. The van der Waals surface area contributed by atoms with Gasteiger partial charge in [-0.25, -0.2) is 4.79 Å². The van der Waals surface area contributed by atoms with Crippen molar-refractivity contribution in [1.82, 2.24) is 0 Å². The summed E-state index contributed by atoms with van der Waals surface area (Å²) in [4.78, 5) is 12.0. The summed E-state index contributed by atoms with van der Waals surface area (Å²) in [6, 6.07) is 14.6. The lowest BCUT2D eigenvalue weighted by Gasteiger charge is -2.09. The van der Waals surface area contributed by atoms with E-state index in [1.54, 1.807) is 37.3 Å². The summed E-state index contributed by atoms with van der Waals surface area (Å²) in [6.07, 6.45) is 1.66. The Kier molecular flexibility index (Phi) is 5.61. The number of hydrogen-bond donors (Lipinski definition) is 0. The number of esters is 1. The molecule has 0 aliphatic carbocycles. The number of carbonyl (C=O) groups is 1. The van der Waals surface area contributed by atoms with Crippen LogP contribution in [0.5, 0.6) is 5.75 Å². The van der Waals surface area contributed by atoms with Crippen molar-refractivity contribution in [3.8, 4) is 5.75 Å². The Morgan fingerprint density at radius 1 is 1.09 bits per heavy atom. The summed E-state index contributed by atoms with van der Waals surface area (Å²) < 4.78 is 10.7. The van der Waals surface area contributed by atoms with E-state index in [1.807, 2.05) is 31.2 Å². The number of halogens is 1. The molecule has 0 aromatic heterocycles. The van der Waals surface area contributed by atoms with Crippen molar-refractivity contribution in [2.24, 2.45) is 0 Å². The van der Waals surface area contributed by atoms with Crippen LogP contribution in [0, 0.1) is 6.92 Å². The molecule has 0 fully saturated rings. The lowest BCUT2D eigenvalue weighted by atomic mass is 10.1. The van der Waals surface area contributed by atoms with Gasteiger partial charge in [-0.2, -0.15) is 0 Å². The van der Waals surface area contributed by atoms with Gasteiger partial charge in [0.1, 0.15) is 5.75 Å². The van der Waals surface area contributed by atoms with Crippen molar-refractivity contribution in [1.29, 1.82) is 0 Å². The van der Waals surface area contributed by atoms with Gasteiger partial charge in [0.25, 0.3) is 0 Å². The molecule has 0 aliphatic heterocycles. The molecule has 0 heterocycles. The molecule has 0 spiro atoms. The van der Waals surface area contributed by atoms with Gasteiger partial charge in [0, 0.05) is 5.02 Å². The van der Waals surface area contributed by atoms with Gasteiger partial charge < -0.3 is 9.47 Å². The van der Waals surface area contributed by atoms with Crippen LogP contribution in [0.25, 0.3) is 6.08 Å². The second kappa shape index (κ2) is 7.66. The van der Waals surface area contributed by atoms with Gasteiger partial charge in [-0.05, 0) is 49.8 Å². The monoisotopic (exact) mass is 316 g/mol. The zero-order chi connectivity index (χ0) is 15.9. The third-order valence-electron chi connectivity index (χ3n) is 2.89. The molecule has 0 atom stereocenters. The Balaban J connectivity index is 2.27. The molecule has 0 saturated heterocycles. The predicted octanol–water partition coefficient (Wildman–Crippen LogP) is 4.63. The highest BCUT2D eigenvalue weighted by atomic mass is 35.5. The van der Waals surface area contributed by atoms with Crippen molar-refractivity contribution in [3.63, 3.8) is 0 Å². The van der Waals surface area contributed by atoms with E-state index < -0.39 is 5.97 Å². The van der Waals surface area contributed by atoms with Gasteiger partial charge in [0.15, 0.2) is 0 Å². The largest absolute Gasteiger partial charge is 0.460 e. The van der Waals surface area contributed by atoms with E-state index in [2.05, 4.69) is 0 Å². The van der Waals surface area contributed by atoms with E-state index in [0.717, 1.165) is 11.1 Å². The number of hydrogen-bond acceptors (Lipinski definition) is 3. The van der Waals surface area contributed by atoms with Gasteiger partial charge in [0.05, 0.1) is 6.61 Å². The smallest absolute Gasteiger partial charge is 0.374 e. The average molecular weight is 317 g/mol. The highest BCUT2D eigenvalue weighted by molar-refractivity contribution is 6.30. The van der Waals surface area contributed by atoms with Crippen LogP contribution < -0.4 is 4.74 Å². The number of benzene rings is 2. The fourth-order valence-electron chi connectivity index (χ4n) is 1.78. The zero-order valence-corrected chi connectivity index (χ0v) is 13.3. The van der Waals surface area contributed by atoms with Crippen LogP contribution in [0.3, 0.4) is 0 Å². The van der Waals surface area contributed by atoms with Crippen molar-refractivity contribution < 1.29 is 14.3 Å². The van der Waals surface area contributed by atoms with Crippen molar-refractivity contribution in [2.45, 2.75) is 13.8 Å². The third kappa shape index (κ3) is 4.64. The van der Waals surface area contributed by atoms with E-state index in [1.165, 1.54) is 0 Å². The van der Waals surface area contributed by atoms with Crippen molar-refractivity contribution in [3.05, 3.63) is 70.4 Å². The molecule has 114 valence electrons. The highest BCUT2D eigenvalue weighted by Gasteiger charge is 2.13. The summed E-state index contributed by atoms with van der Waals surface area (Å²) in [5, 5.41) is 0.604. The molecule has 0 saturated carbocycles. The standard InChI is InChI=1S/C18H17ClO3/c1-3-21-18(20)17(12-14-6-4-13(2)5-7-14)22-16-10-8-15(19)9-11-16/h4-12H,3H2,1-2H3/b17-12-. The van der Waals surface area contributed by atoms with Crippen LogP contribution in [0.1, 0.15) is 18.1 Å². The fraction of sp³-hybridized carbons (Fsp3) is 0.167. The molecule has 3 nitrogen and oxygen atoms in total. The van der Waals surface area contributed by atoms with Crippen LogP contribution in [-0.2, 0) is 9.53 Å². The minimum atomic E-state index is -0.502. The molecule has 0 unspecified atom stereocenters. The molecule has 2 rings (SSSR count). The normalized spacial score (nSPS) is 11.1. The van der Waals surface area contributed by atoms with E-state index in [4.69, 9.17) is 21.1 Å². The molecule has 2 aromatic rings. The Hall–Kier alpha value is -2.26. The van der Waals surface area contributed by atoms with Crippen molar-refractivity contribution in [2.75, 3.05) is 6.61 Å². The van der Waals surface area contributed by atoms with E-state index in [-0.39, 0.29) is 12.4 Å². The second-order valence-electron chi connectivity index (χ2n) is 4.70. The third-order valence-corrected chi connectivity index (χ3v) is 3.15. The fourth-order valence-corrected chi connectivity index (χ4v) is 1.90. The lowest BCUT2D eigenvalue weighted by molar-refractivity contribution is -0.140. The number of rotatable bonds is 5. The molecule has 0 radical (unpaired) electrons.